The molecule has 0 aromatic carbocycles. The van der Waals surface area contributed by atoms with Gasteiger partial charge in [-0.25, -0.2) is 13.4 Å². The Hall–Kier alpha value is -1.19. The summed E-state index contributed by atoms with van der Waals surface area (Å²) in [6.07, 6.45) is 4.02. The van der Waals surface area contributed by atoms with E-state index in [0.29, 0.717) is 22.9 Å². The number of sulfonamides is 1. The summed E-state index contributed by atoms with van der Waals surface area (Å²) >= 11 is 12.9. The lowest BCUT2D eigenvalue weighted by atomic mass is 10.0. The van der Waals surface area contributed by atoms with Crippen molar-refractivity contribution in [2.45, 2.75) is 17.9 Å². The average molecular weight is 389 g/mol. The summed E-state index contributed by atoms with van der Waals surface area (Å²) in [4.78, 5) is 4.35. The van der Waals surface area contributed by atoms with E-state index in [9.17, 15) is 8.42 Å². The molecule has 120 valence electrons. The van der Waals surface area contributed by atoms with Crippen LogP contribution in [-0.4, -0.2) is 34.4 Å². The number of aromatic amines is 1. The van der Waals surface area contributed by atoms with Gasteiger partial charge in [-0.15, -0.1) is 11.3 Å². The van der Waals surface area contributed by atoms with Crippen molar-refractivity contribution in [3.05, 3.63) is 38.3 Å². The summed E-state index contributed by atoms with van der Waals surface area (Å²) in [6.45, 7) is 0.638. The number of hydrogen-bond acceptors (Lipinski definition) is 5. The number of H-pyrrole nitrogens is 1. The van der Waals surface area contributed by atoms with E-state index in [0.717, 1.165) is 27.8 Å². The zero-order valence-electron chi connectivity index (χ0n) is 11.6. The van der Waals surface area contributed by atoms with Gasteiger partial charge < -0.3 is 0 Å². The van der Waals surface area contributed by atoms with Crippen LogP contribution in [0.3, 0.4) is 0 Å². The van der Waals surface area contributed by atoms with Crippen molar-refractivity contribution in [3.8, 4) is 0 Å². The molecule has 6 nitrogen and oxygen atoms in total. The number of halogens is 2. The maximum atomic E-state index is 12.8. The highest BCUT2D eigenvalue weighted by Crippen LogP contribution is 2.37. The van der Waals surface area contributed by atoms with Gasteiger partial charge in [0, 0.05) is 24.7 Å². The number of nitrogens with one attached hydrogen (secondary N) is 1. The first kappa shape index (κ1) is 15.3. The van der Waals surface area contributed by atoms with Gasteiger partial charge in [0.15, 0.2) is 5.65 Å². The highest BCUT2D eigenvalue weighted by atomic mass is 35.5. The maximum Gasteiger partial charge on any atom is 0.245 e. The topological polar surface area (TPSA) is 79.0 Å². The molecule has 23 heavy (non-hydrogen) atoms. The summed E-state index contributed by atoms with van der Waals surface area (Å²) in [5.74, 6) is 0. The average Bonchev–Trinajstić information content (AvgIpc) is 3.12. The Morgan fingerprint density at radius 3 is 2.87 bits per heavy atom. The zero-order chi connectivity index (χ0) is 16.2. The third kappa shape index (κ3) is 2.45. The van der Waals surface area contributed by atoms with Crippen molar-refractivity contribution >= 4 is 55.6 Å². The van der Waals surface area contributed by atoms with Crippen molar-refractivity contribution in [1.29, 1.82) is 0 Å². The van der Waals surface area contributed by atoms with Crippen molar-refractivity contribution < 1.29 is 8.42 Å². The second-order valence-electron chi connectivity index (χ2n) is 5.17. The van der Waals surface area contributed by atoms with E-state index in [1.165, 1.54) is 10.4 Å². The fourth-order valence-corrected chi connectivity index (χ4v) is 6.31. The quantitative estimate of drug-likeness (QED) is 0.731. The zero-order valence-corrected chi connectivity index (χ0v) is 14.7. The molecule has 0 bridgehead atoms. The third-order valence-electron chi connectivity index (χ3n) is 3.88. The first-order chi connectivity index (χ1) is 11.0. The molecule has 0 radical (unpaired) electrons. The molecule has 1 aliphatic heterocycles. The molecule has 0 fully saturated rings. The van der Waals surface area contributed by atoms with Gasteiger partial charge in [-0.1, -0.05) is 23.2 Å². The lowest BCUT2D eigenvalue weighted by molar-refractivity contribution is 0.392. The van der Waals surface area contributed by atoms with E-state index in [4.69, 9.17) is 23.2 Å². The van der Waals surface area contributed by atoms with E-state index in [1.807, 2.05) is 0 Å². The van der Waals surface area contributed by atoms with E-state index in [-0.39, 0.29) is 15.8 Å². The number of fused-ring (bicyclic) bond motifs is 3. The molecule has 0 saturated carbocycles. The van der Waals surface area contributed by atoms with Gasteiger partial charge in [-0.3, -0.25) is 5.10 Å². The standard InChI is InChI=1S/C13H10Cl2N4O2S2/c14-11-3-10(12(15)22-11)23(20,21)19-2-1-8-7(6-19)4-16-13-9(8)5-17-18-13/h3-5H,1-2,6H2,(H,16,17,18). The highest BCUT2D eigenvalue weighted by Gasteiger charge is 2.32. The lowest BCUT2D eigenvalue weighted by Crippen LogP contribution is -2.36. The second-order valence-corrected chi connectivity index (χ2v) is 9.36. The van der Waals surface area contributed by atoms with Gasteiger partial charge in [-0.2, -0.15) is 9.40 Å². The van der Waals surface area contributed by atoms with Crippen LogP contribution in [0.5, 0.6) is 0 Å². The maximum absolute atomic E-state index is 12.8. The molecule has 0 spiro atoms. The van der Waals surface area contributed by atoms with Crippen LogP contribution in [0.4, 0.5) is 0 Å². The van der Waals surface area contributed by atoms with Gasteiger partial charge >= 0.3 is 0 Å². The predicted octanol–water partition coefficient (Wildman–Crippen LogP) is 3.07. The summed E-state index contributed by atoms with van der Waals surface area (Å²) in [7, 11) is -3.68. The minimum atomic E-state index is -3.68. The van der Waals surface area contributed by atoms with Crippen molar-refractivity contribution in [1.82, 2.24) is 19.5 Å². The number of aromatic nitrogens is 3. The van der Waals surface area contributed by atoms with Crippen molar-refractivity contribution in [3.63, 3.8) is 0 Å². The molecule has 3 aromatic rings. The number of nitrogens with zero attached hydrogens (tertiary/aromatic N) is 3. The Morgan fingerprint density at radius 1 is 1.30 bits per heavy atom. The van der Waals surface area contributed by atoms with E-state index >= 15 is 0 Å². The molecule has 1 aliphatic rings. The van der Waals surface area contributed by atoms with Crippen molar-refractivity contribution in [2.24, 2.45) is 0 Å². The van der Waals surface area contributed by atoms with Crippen LogP contribution in [0.2, 0.25) is 8.67 Å². The van der Waals surface area contributed by atoms with Crippen LogP contribution >= 0.6 is 34.5 Å². The second kappa shape index (κ2) is 5.42. The minimum absolute atomic E-state index is 0.0648. The van der Waals surface area contributed by atoms with E-state index in [2.05, 4.69) is 15.2 Å². The fourth-order valence-electron chi connectivity index (χ4n) is 2.77. The Labute approximate surface area is 146 Å². The molecular formula is C13H10Cl2N4O2S2. The first-order valence-electron chi connectivity index (χ1n) is 6.71. The minimum Gasteiger partial charge on any atom is -0.261 e. The molecule has 0 unspecified atom stereocenters. The number of pyridine rings is 1. The molecule has 3 aromatic heterocycles. The van der Waals surface area contributed by atoms with E-state index in [1.54, 1.807) is 12.4 Å². The predicted molar refractivity (Wildman–Crippen MR) is 89.5 cm³/mol. The summed E-state index contributed by atoms with van der Waals surface area (Å²) in [5.41, 5.74) is 2.68. The van der Waals surface area contributed by atoms with Crippen LogP contribution in [0, 0.1) is 0 Å². The molecule has 0 amide bonds. The van der Waals surface area contributed by atoms with Crippen LogP contribution in [-0.2, 0) is 23.0 Å². The van der Waals surface area contributed by atoms with Gasteiger partial charge in [0.1, 0.15) is 9.23 Å². The van der Waals surface area contributed by atoms with Gasteiger partial charge in [-0.05, 0) is 23.6 Å². The lowest BCUT2D eigenvalue weighted by Gasteiger charge is -2.27. The summed E-state index contributed by atoms with van der Waals surface area (Å²) < 4.78 is 27.5. The van der Waals surface area contributed by atoms with Gasteiger partial charge in [0.2, 0.25) is 10.0 Å². The highest BCUT2D eigenvalue weighted by molar-refractivity contribution is 7.89. The first-order valence-corrected chi connectivity index (χ1v) is 9.73. The molecule has 4 heterocycles. The largest absolute Gasteiger partial charge is 0.261 e. The molecular weight excluding hydrogens is 379 g/mol. The normalized spacial score (nSPS) is 15.9. The number of rotatable bonds is 2. The Kier molecular flexibility index (Phi) is 3.62. The SMILES string of the molecule is O=S(=O)(c1cc(Cl)sc1Cl)N1CCc2c(cnc3[nH]ncc23)C1. The summed E-state index contributed by atoms with van der Waals surface area (Å²) in [6, 6.07) is 1.40. The number of thiophene rings is 1. The Morgan fingerprint density at radius 2 is 2.13 bits per heavy atom. The Bertz CT molecular complexity index is 1010. The Balaban J connectivity index is 1.74. The molecule has 0 atom stereocenters. The molecule has 4 rings (SSSR count). The van der Waals surface area contributed by atoms with Crippen LogP contribution < -0.4 is 0 Å². The summed E-state index contributed by atoms with van der Waals surface area (Å²) in [5, 5.41) is 7.75. The number of hydrogen-bond donors (Lipinski definition) is 1. The molecule has 0 saturated heterocycles. The molecule has 10 heteroatoms. The van der Waals surface area contributed by atoms with Gasteiger partial charge in [0.05, 0.1) is 10.5 Å². The van der Waals surface area contributed by atoms with Crippen LogP contribution in [0.1, 0.15) is 11.1 Å². The van der Waals surface area contributed by atoms with Crippen LogP contribution in [0.15, 0.2) is 23.4 Å². The monoisotopic (exact) mass is 388 g/mol. The van der Waals surface area contributed by atoms with Gasteiger partial charge in [0.25, 0.3) is 0 Å². The smallest absolute Gasteiger partial charge is 0.245 e. The van der Waals surface area contributed by atoms with E-state index < -0.39 is 10.0 Å². The molecule has 0 aliphatic carbocycles. The third-order valence-corrected chi connectivity index (χ3v) is 7.48. The van der Waals surface area contributed by atoms with Crippen molar-refractivity contribution in [2.75, 3.05) is 6.54 Å². The van der Waals surface area contributed by atoms with Crippen LogP contribution in [0.25, 0.3) is 11.0 Å². The fraction of sp³-hybridized carbons (Fsp3) is 0.231. The molecule has 1 N–H and O–H groups in total.